The second-order valence-electron chi connectivity index (χ2n) is 11.4. The Balaban J connectivity index is 1.42. The summed E-state index contributed by atoms with van der Waals surface area (Å²) in [5.74, 6) is 0.165. The van der Waals surface area contributed by atoms with Crippen molar-refractivity contribution in [3.05, 3.63) is 52.8 Å². The molecule has 0 unspecified atom stereocenters. The number of rotatable bonds is 13. The molecule has 0 amide bonds. The van der Waals surface area contributed by atoms with Crippen LogP contribution in [0.15, 0.2) is 30.3 Å². The number of ether oxygens (including phenoxy) is 1. The van der Waals surface area contributed by atoms with E-state index in [1.165, 1.54) is 64.2 Å². The molecule has 204 valence electrons. The summed E-state index contributed by atoms with van der Waals surface area (Å²) >= 11 is 0. The van der Waals surface area contributed by atoms with Gasteiger partial charge in [0, 0.05) is 5.56 Å². The van der Waals surface area contributed by atoms with E-state index in [0.717, 1.165) is 43.6 Å². The maximum atomic E-state index is 15.3. The Kier molecular flexibility index (Phi) is 10.0. The minimum absolute atomic E-state index is 0.124. The fourth-order valence-electron chi connectivity index (χ4n) is 6.30. The minimum atomic E-state index is -3.53. The molecule has 1 heterocycles. The van der Waals surface area contributed by atoms with Gasteiger partial charge in [0.15, 0.2) is 11.6 Å². The van der Waals surface area contributed by atoms with Crippen LogP contribution in [-0.2, 0) is 12.5 Å². The molecule has 2 aromatic carbocycles. The highest BCUT2D eigenvalue weighted by molar-refractivity contribution is 5.77. The van der Waals surface area contributed by atoms with Crippen LogP contribution >= 0.6 is 0 Å². The SMILES string of the molecule is CCCCCCCCCCc1ccc2c(c1F)OC(F)(F)c1cc(C3CCC(CCCC)CC3)ccc1-2. The van der Waals surface area contributed by atoms with Crippen LogP contribution in [0.3, 0.4) is 0 Å². The fourth-order valence-corrected chi connectivity index (χ4v) is 6.30. The van der Waals surface area contributed by atoms with Crippen LogP contribution in [-0.4, -0.2) is 0 Å². The third kappa shape index (κ3) is 6.92. The number of aryl methyl sites for hydroxylation is 1. The molecule has 0 atom stereocenters. The summed E-state index contributed by atoms with van der Waals surface area (Å²) < 4.78 is 50.9. The van der Waals surface area contributed by atoms with Crippen molar-refractivity contribution in [2.24, 2.45) is 5.92 Å². The topological polar surface area (TPSA) is 9.23 Å². The van der Waals surface area contributed by atoms with E-state index in [4.69, 9.17) is 4.74 Å². The van der Waals surface area contributed by atoms with Gasteiger partial charge in [0.05, 0.1) is 5.56 Å². The van der Waals surface area contributed by atoms with Gasteiger partial charge in [0.1, 0.15) is 0 Å². The average molecular weight is 515 g/mol. The number of fused-ring (bicyclic) bond motifs is 3. The van der Waals surface area contributed by atoms with E-state index in [-0.39, 0.29) is 11.3 Å². The number of hydrogen-bond acceptors (Lipinski definition) is 1. The molecule has 0 spiro atoms. The van der Waals surface area contributed by atoms with Crippen molar-refractivity contribution < 1.29 is 17.9 Å². The zero-order chi connectivity index (χ0) is 26.3. The summed E-state index contributed by atoms with van der Waals surface area (Å²) in [5, 5.41) is 0. The number of benzene rings is 2. The van der Waals surface area contributed by atoms with Crippen molar-refractivity contribution in [1.29, 1.82) is 0 Å². The van der Waals surface area contributed by atoms with E-state index in [9.17, 15) is 0 Å². The van der Waals surface area contributed by atoms with Crippen LogP contribution in [0.5, 0.6) is 5.75 Å². The summed E-state index contributed by atoms with van der Waals surface area (Å²) in [6, 6.07) is 8.90. The monoisotopic (exact) mass is 514 g/mol. The number of halogens is 3. The maximum absolute atomic E-state index is 15.3. The Morgan fingerprint density at radius 1 is 0.784 bits per heavy atom. The molecule has 1 fully saturated rings. The normalized spacial score (nSPS) is 20.2. The maximum Gasteiger partial charge on any atom is 0.427 e. The first kappa shape index (κ1) is 28.0. The Morgan fingerprint density at radius 3 is 2.14 bits per heavy atom. The molecule has 2 aromatic rings. The molecular formula is C33H45F3O. The van der Waals surface area contributed by atoms with Gasteiger partial charge in [0.2, 0.25) is 0 Å². The number of unbranched alkanes of at least 4 members (excludes halogenated alkanes) is 8. The molecule has 37 heavy (non-hydrogen) atoms. The van der Waals surface area contributed by atoms with Crippen LogP contribution in [0.4, 0.5) is 13.2 Å². The van der Waals surface area contributed by atoms with Crippen molar-refractivity contribution in [2.45, 2.75) is 129 Å². The fraction of sp³-hybridized carbons (Fsp3) is 0.636. The van der Waals surface area contributed by atoms with Gasteiger partial charge < -0.3 is 4.74 Å². The Labute approximate surface area is 222 Å². The van der Waals surface area contributed by atoms with Gasteiger partial charge in [-0.3, -0.25) is 0 Å². The second-order valence-corrected chi connectivity index (χ2v) is 11.4. The highest BCUT2D eigenvalue weighted by Crippen LogP contribution is 2.50. The van der Waals surface area contributed by atoms with Gasteiger partial charge in [-0.05, 0) is 73.1 Å². The Morgan fingerprint density at radius 2 is 1.43 bits per heavy atom. The molecule has 0 radical (unpaired) electrons. The molecule has 0 saturated heterocycles. The summed E-state index contributed by atoms with van der Waals surface area (Å²) in [4.78, 5) is 0. The predicted molar refractivity (Wildman–Crippen MR) is 147 cm³/mol. The average Bonchev–Trinajstić information content (AvgIpc) is 2.90. The largest absolute Gasteiger partial charge is 0.427 e. The standard InChI is InChI=1S/C33H45F3O/c1-3-5-7-8-9-10-11-12-14-26-19-22-29-28-21-20-27(25-17-15-24(16-18-25)13-6-4-2)23-30(28)33(35,36)37-32(29)31(26)34/h19-25H,3-18H2,1-2H3. The molecule has 2 aliphatic rings. The first-order valence-electron chi connectivity index (χ1n) is 15.0. The first-order valence-corrected chi connectivity index (χ1v) is 15.0. The van der Waals surface area contributed by atoms with Crippen molar-refractivity contribution in [3.8, 4) is 16.9 Å². The van der Waals surface area contributed by atoms with E-state index < -0.39 is 11.9 Å². The van der Waals surface area contributed by atoms with Gasteiger partial charge in [0.25, 0.3) is 0 Å². The molecule has 4 rings (SSSR count). The van der Waals surface area contributed by atoms with Crippen LogP contribution < -0.4 is 4.74 Å². The minimum Gasteiger partial charge on any atom is -0.425 e. The quantitative estimate of drug-likeness (QED) is 0.242. The summed E-state index contributed by atoms with van der Waals surface area (Å²) in [6.07, 6.45) is 14.5. The lowest BCUT2D eigenvalue weighted by molar-refractivity contribution is -0.188. The van der Waals surface area contributed by atoms with E-state index in [2.05, 4.69) is 13.8 Å². The molecule has 0 N–H and O–H groups in total. The highest BCUT2D eigenvalue weighted by Gasteiger charge is 2.44. The molecule has 0 bridgehead atoms. The third-order valence-electron chi connectivity index (χ3n) is 8.64. The Hall–Kier alpha value is -1.97. The number of hydrogen-bond donors (Lipinski definition) is 0. The molecule has 0 aromatic heterocycles. The van der Waals surface area contributed by atoms with Crippen molar-refractivity contribution in [2.75, 3.05) is 0 Å². The zero-order valence-corrected chi connectivity index (χ0v) is 22.9. The summed E-state index contributed by atoms with van der Waals surface area (Å²) in [6.45, 7) is 4.44. The van der Waals surface area contributed by atoms with Crippen molar-refractivity contribution >= 4 is 0 Å². The smallest absolute Gasteiger partial charge is 0.425 e. The zero-order valence-electron chi connectivity index (χ0n) is 22.9. The van der Waals surface area contributed by atoms with Gasteiger partial charge in [-0.25, -0.2) is 4.39 Å². The molecule has 1 nitrogen and oxygen atoms in total. The predicted octanol–water partition coefficient (Wildman–Crippen LogP) is 11.1. The lowest BCUT2D eigenvalue weighted by atomic mass is 9.76. The lowest BCUT2D eigenvalue weighted by Gasteiger charge is -2.32. The third-order valence-corrected chi connectivity index (χ3v) is 8.64. The van der Waals surface area contributed by atoms with Gasteiger partial charge in [-0.2, -0.15) is 8.78 Å². The lowest BCUT2D eigenvalue weighted by Crippen LogP contribution is -2.28. The molecule has 4 heteroatoms. The number of alkyl halides is 2. The molecule has 1 aliphatic heterocycles. The first-order chi connectivity index (χ1) is 17.9. The van der Waals surface area contributed by atoms with Crippen LogP contribution in [0.25, 0.3) is 11.1 Å². The Bertz CT molecular complexity index is 1010. The van der Waals surface area contributed by atoms with Crippen LogP contribution in [0.2, 0.25) is 0 Å². The van der Waals surface area contributed by atoms with E-state index in [1.807, 2.05) is 6.07 Å². The van der Waals surface area contributed by atoms with Crippen molar-refractivity contribution in [3.63, 3.8) is 0 Å². The van der Waals surface area contributed by atoms with Crippen LogP contribution in [0.1, 0.15) is 133 Å². The van der Waals surface area contributed by atoms with Crippen molar-refractivity contribution in [1.82, 2.24) is 0 Å². The van der Waals surface area contributed by atoms with E-state index in [0.29, 0.717) is 29.0 Å². The summed E-state index contributed by atoms with van der Waals surface area (Å²) in [7, 11) is 0. The van der Waals surface area contributed by atoms with Crippen LogP contribution in [0, 0.1) is 11.7 Å². The molecular weight excluding hydrogens is 469 g/mol. The second kappa shape index (κ2) is 13.2. The van der Waals surface area contributed by atoms with Gasteiger partial charge in [-0.15, -0.1) is 0 Å². The molecule has 1 aliphatic carbocycles. The van der Waals surface area contributed by atoms with Gasteiger partial charge >= 0.3 is 6.11 Å². The summed E-state index contributed by atoms with van der Waals surface area (Å²) in [5.41, 5.74) is 2.14. The molecule has 1 saturated carbocycles. The van der Waals surface area contributed by atoms with Gasteiger partial charge in [-0.1, -0.05) is 102 Å². The highest BCUT2D eigenvalue weighted by atomic mass is 19.3. The van der Waals surface area contributed by atoms with E-state index in [1.54, 1.807) is 24.3 Å². The van der Waals surface area contributed by atoms with E-state index >= 15 is 13.2 Å².